The Labute approximate surface area is 121 Å². The smallest absolute Gasteiger partial charge is 0.409 e. The van der Waals surface area contributed by atoms with Crippen molar-refractivity contribution in [3.8, 4) is 0 Å². The van der Waals surface area contributed by atoms with E-state index in [4.69, 9.17) is 0 Å². The van der Waals surface area contributed by atoms with Gasteiger partial charge in [-0.3, -0.25) is 4.31 Å². The van der Waals surface area contributed by atoms with Crippen LogP contribution in [0.3, 0.4) is 0 Å². The lowest BCUT2D eigenvalue weighted by molar-refractivity contribution is 0.117. The number of methoxy groups -OCH3 is 1. The number of carbonyl (C=O) groups excluding carboxylic acids is 1. The molecule has 0 aromatic heterocycles. The van der Waals surface area contributed by atoms with Crippen molar-refractivity contribution < 1.29 is 17.9 Å². The maximum atomic E-state index is 11.8. The van der Waals surface area contributed by atoms with Gasteiger partial charge in [0.2, 0.25) is 10.0 Å². The molecule has 0 aliphatic carbocycles. The summed E-state index contributed by atoms with van der Waals surface area (Å²) in [6.07, 6.45) is 2.79. The topological polar surface area (TPSA) is 79.3 Å². The molecule has 0 radical (unpaired) electrons. The minimum absolute atomic E-state index is 0.0598. The second-order valence-electron chi connectivity index (χ2n) is 4.36. The fourth-order valence-electron chi connectivity index (χ4n) is 1.38. The van der Waals surface area contributed by atoms with E-state index < -0.39 is 16.1 Å². The molecular weight excluding hydrogens is 282 g/mol. The van der Waals surface area contributed by atoms with Crippen molar-refractivity contribution in [2.45, 2.75) is 26.3 Å². The Kier molecular flexibility index (Phi) is 7.26. The van der Waals surface area contributed by atoms with Crippen molar-refractivity contribution in [1.82, 2.24) is 9.21 Å². The third-order valence-corrected chi connectivity index (χ3v) is 3.83. The van der Waals surface area contributed by atoms with E-state index in [0.717, 1.165) is 10.6 Å². The van der Waals surface area contributed by atoms with Gasteiger partial charge in [0.05, 0.1) is 26.0 Å². The summed E-state index contributed by atoms with van der Waals surface area (Å²) in [6.45, 7) is 7.31. The van der Waals surface area contributed by atoms with Crippen LogP contribution in [0.1, 0.15) is 20.3 Å². The molecule has 20 heavy (non-hydrogen) atoms. The van der Waals surface area contributed by atoms with E-state index >= 15 is 0 Å². The molecule has 0 saturated carbocycles. The second kappa shape index (κ2) is 7.88. The Morgan fingerprint density at radius 3 is 2.45 bits per heavy atom. The Morgan fingerprint density at radius 1 is 1.50 bits per heavy atom. The minimum Gasteiger partial charge on any atom is -0.453 e. The predicted molar refractivity (Wildman–Crippen MR) is 79.1 cm³/mol. The van der Waals surface area contributed by atoms with Gasteiger partial charge in [-0.25, -0.2) is 18.2 Å². The van der Waals surface area contributed by atoms with Gasteiger partial charge in [-0.1, -0.05) is 13.5 Å². The standard InChI is InChI=1S/C12H23N3O4S/c1-7-8-13-11(3)15(20(6,17)18)9-10(2)14(4)12(16)19-5/h8,10H,3,7,9H2,1-2,4-6H3/b13-8-/t10-/m1/s1. The van der Waals surface area contributed by atoms with Crippen molar-refractivity contribution in [2.75, 3.05) is 27.0 Å². The van der Waals surface area contributed by atoms with Crippen molar-refractivity contribution in [3.05, 3.63) is 12.4 Å². The molecule has 0 aromatic rings. The first-order valence-electron chi connectivity index (χ1n) is 6.15. The summed E-state index contributed by atoms with van der Waals surface area (Å²) in [4.78, 5) is 16.7. The van der Waals surface area contributed by atoms with Gasteiger partial charge in [0.1, 0.15) is 5.82 Å². The molecular formula is C12H23N3O4S. The molecule has 0 aliphatic rings. The summed E-state index contributed by atoms with van der Waals surface area (Å²) < 4.78 is 29.2. The van der Waals surface area contributed by atoms with E-state index in [1.807, 2.05) is 6.92 Å². The van der Waals surface area contributed by atoms with Crippen LogP contribution in [0.2, 0.25) is 0 Å². The molecule has 1 amide bonds. The first-order chi connectivity index (χ1) is 9.15. The van der Waals surface area contributed by atoms with Gasteiger partial charge in [-0.15, -0.1) is 0 Å². The fraction of sp³-hybridized carbons (Fsp3) is 0.667. The molecule has 0 saturated heterocycles. The van der Waals surface area contributed by atoms with E-state index in [2.05, 4.69) is 16.3 Å². The zero-order valence-corrected chi connectivity index (χ0v) is 13.5. The van der Waals surface area contributed by atoms with Crippen molar-refractivity contribution in [1.29, 1.82) is 0 Å². The average molecular weight is 305 g/mol. The normalized spacial score (nSPS) is 13.1. The molecule has 8 heteroatoms. The molecule has 0 aliphatic heterocycles. The molecule has 7 nitrogen and oxygen atoms in total. The van der Waals surface area contributed by atoms with Gasteiger partial charge >= 0.3 is 6.09 Å². The van der Waals surface area contributed by atoms with Crippen LogP contribution in [0, 0.1) is 0 Å². The minimum atomic E-state index is -3.51. The zero-order valence-electron chi connectivity index (χ0n) is 12.7. The predicted octanol–water partition coefficient (Wildman–Crippen LogP) is 1.29. The molecule has 116 valence electrons. The third-order valence-electron chi connectivity index (χ3n) is 2.66. The highest BCUT2D eigenvalue weighted by Crippen LogP contribution is 2.12. The lowest BCUT2D eigenvalue weighted by atomic mass is 10.3. The number of rotatable bonds is 7. The Bertz CT molecular complexity index is 473. The van der Waals surface area contributed by atoms with Gasteiger partial charge in [0, 0.05) is 13.3 Å². The summed E-state index contributed by atoms with van der Waals surface area (Å²) in [5.41, 5.74) is 0. The lowest BCUT2D eigenvalue weighted by Crippen LogP contribution is -2.44. The maximum absolute atomic E-state index is 11.8. The zero-order chi connectivity index (χ0) is 15.9. The number of hydrogen-bond acceptors (Lipinski definition) is 5. The monoisotopic (exact) mass is 305 g/mol. The average Bonchev–Trinajstić information content (AvgIpc) is 2.38. The number of sulfonamides is 1. The molecule has 1 atom stereocenters. The maximum Gasteiger partial charge on any atom is 0.409 e. The van der Waals surface area contributed by atoms with E-state index in [-0.39, 0.29) is 18.4 Å². The number of carbonyl (C=O) groups is 1. The number of hydrogen-bond donors (Lipinski definition) is 0. The molecule has 0 N–H and O–H groups in total. The first-order valence-corrected chi connectivity index (χ1v) is 7.99. The van der Waals surface area contributed by atoms with E-state index in [1.54, 1.807) is 13.1 Å². The lowest BCUT2D eigenvalue weighted by Gasteiger charge is -2.29. The highest BCUT2D eigenvalue weighted by Gasteiger charge is 2.24. The molecule has 0 unspecified atom stereocenters. The van der Waals surface area contributed by atoms with Crippen LogP contribution in [-0.4, -0.2) is 62.9 Å². The van der Waals surface area contributed by atoms with Crippen LogP contribution in [0.25, 0.3) is 0 Å². The fourth-order valence-corrected chi connectivity index (χ4v) is 2.30. The van der Waals surface area contributed by atoms with Gasteiger partial charge in [0.15, 0.2) is 0 Å². The Morgan fingerprint density at radius 2 is 2.05 bits per heavy atom. The summed E-state index contributed by atoms with van der Waals surface area (Å²) in [7, 11) is -0.709. The highest BCUT2D eigenvalue weighted by atomic mass is 32.2. The van der Waals surface area contributed by atoms with Gasteiger partial charge in [-0.05, 0) is 13.3 Å². The number of aliphatic imine (C=N–C) groups is 1. The Balaban J connectivity index is 5.06. The van der Waals surface area contributed by atoms with Crippen LogP contribution >= 0.6 is 0 Å². The molecule has 0 heterocycles. The van der Waals surface area contributed by atoms with E-state index in [9.17, 15) is 13.2 Å². The van der Waals surface area contributed by atoms with E-state index in [1.165, 1.54) is 19.1 Å². The summed E-state index contributed by atoms with van der Waals surface area (Å²) in [5.74, 6) is 0.125. The quantitative estimate of drug-likeness (QED) is 0.664. The second-order valence-corrected chi connectivity index (χ2v) is 6.27. The van der Waals surface area contributed by atoms with Crippen molar-refractivity contribution >= 4 is 22.3 Å². The number of likely N-dealkylation sites (N-methyl/N-ethyl adjacent to an activating group) is 1. The van der Waals surface area contributed by atoms with Crippen LogP contribution in [-0.2, 0) is 14.8 Å². The molecule has 0 spiro atoms. The molecule has 0 aromatic carbocycles. The number of amides is 1. The largest absolute Gasteiger partial charge is 0.453 e. The first kappa shape index (κ1) is 18.4. The van der Waals surface area contributed by atoms with Crippen LogP contribution < -0.4 is 0 Å². The molecule has 0 bridgehead atoms. The summed E-state index contributed by atoms with van der Waals surface area (Å²) in [6, 6.07) is -0.384. The summed E-state index contributed by atoms with van der Waals surface area (Å²) in [5, 5.41) is 0. The van der Waals surface area contributed by atoms with Gasteiger partial charge in [-0.2, -0.15) is 0 Å². The van der Waals surface area contributed by atoms with Gasteiger partial charge in [0.25, 0.3) is 0 Å². The summed E-state index contributed by atoms with van der Waals surface area (Å²) >= 11 is 0. The number of nitrogens with zero attached hydrogens (tertiary/aromatic N) is 3. The van der Waals surface area contributed by atoms with Crippen LogP contribution in [0.15, 0.2) is 17.4 Å². The van der Waals surface area contributed by atoms with Crippen LogP contribution in [0.4, 0.5) is 4.79 Å². The van der Waals surface area contributed by atoms with Crippen molar-refractivity contribution in [3.63, 3.8) is 0 Å². The molecule has 0 rings (SSSR count). The highest BCUT2D eigenvalue weighted by molar-refractivity contribution is 7.88. The van der Waals surface area contributed by atoms with Crippen molar-refractivity contribution in [2.24, 2.45) is 4.99 Å². The third kappa shape index (κ3) is 5.60. The Hall–Kier alpha value is -1.57. The SMILES string of the molecule is C=C(/N=C\CC)N(C[C@@H](C)N(C)C(=O)OC)S(C)(=O)=O. The van der Waals surface area contributed by atoms with Gasteiger partial charge < -0.3 is 9.64 Å². The van der Waals surface area contributed by atoms with E-state index in [0.29, 0.717) is 6.42 Å². The van der Waals surface area contributed by atoms with Crippen LogP contribution in [0.5, 0.6) is 0 Å². The molecule has 0 fully saturated rings. The number of ether oxygens (including phenoxy) is 1.